The van der Waals surface area contributed by atoms with Gasteiger partial charge >= 0.3 is 0 Å². The van der Waals surface area contributed by atoms with E-state index in [9.17, 15) is 8.78 Å². The zero-order chi connectivity index (χ0) is 14.4. The summed E-state index contributed by atoms with van der Waals surface area (Å²) in [4.78, 5) is 4.23. The predicted octanol–water partition coefficient (Wildman–Crippen LogP) is 3.05. The van der Waals surface area contributed by atoms with E-state index < -0.39 is 11.6 Å². The van der Waals surface area contributed by atoms with Crippen molar-refractivity contribution in [3.05, 3.63) is 59.4 Å². The Morgan fingerprint density at radius 2 is 2.05 bits per heavy atom. The third kappa shape index (κ3) is 3.99. The maximum absolute atomic E-state index is 13.4. The van der Waals surface area contributed by atoms with Crippen LogP contribution in [0.5, 0.6) is 5.75 Å². The van der Waals surface area contributed by atoms with E-state index in [2.05, 4.69) is 10.3 Å². The van der Waals surface area contributed by atoms with Gasteiger partial charge in [-0.3, -0.25) is 4.98 Å². The van der Waals surface area contributed by atoms with Crippen LogP contribution in [-0.2, 0) is 13.2 Å². The number of hydrogen-bond acceptors (Lipinski definition) is 3. The molecule has 0 spiro atoms. The normalized spacial score (nSPS) is 10.6. The molecule has 0 saturated carbocycles. The minimum Gasteiger partial charge on any atom is -0.484 e. The Labute approximate surface area is 116 Å². The summed E-state index contributed by atoms with van der Waals surface area (Å²) >= 11 is 0. The van der Waals surface area contributed by atoms with Crippen molar-refractivity contribution in [2.24, 2.45) is 0 Å². The molecule has 0 atom stereocenters. The smallest absolute Gasteiger partial charge is 0.167 e. The molecule has 0 radical (unpaired) electrons. The molecule has 20 heavy (non-hydrogen) atoms. The van der Waals surface area contributed by atoms with E-state index >= 15 is 0 Å². The van der Waals surface area contributed by atoms with E-state index in [1.807, 2.05) is 19.1 Å². The number of ether oxygens (including phenoxy) is 1. The van der Waals surface area contributed by atoms with Gasteiger partial charge in [0.25, 0.3) is 0 Å². The van der Waals surface area contributed by atoms with E-state index in [4.69, 9.17) is 4.74 Å². The Bertz CT molecular complexity index is 558. The van der Waals surface area contributed by atoms with Crippen LogP contribution in [0.2, 0.25) is 0 Å². The molecule has 0 saturated heterocycles. The van der Waals surface area contributed by atoms with Gasteiger partial charge in [0.15, 0.2) is 11.6 Å². The molecular formula is C15H16F2N2O. The summed E-state index contributed by atoms with van der Waals surface area (Å²) in [5.74, 6) is -1.32. The van der Waals surface area contributed by atoms with Gasteiger partial charge in [0.1, 0.15) is 12.4 Å². The predicted molar refractivity (Wildman–Crippen MR) is 72.3 cm³/mol. The van der Waals surface area contributed by atoms with Crippen molar-refractivity contribution in [3.8, 4) is 5.75 Å². The highest BCUT2D eigenvalue weighted by Gasteiger charge is 2.05. The van der Waals surface area contributed by atoms with Crippen molar-refractivity contribution < 1.29 is 13.5 Å². The molecule has 0 aliphatic rings. The van der Waals surface area contributed by atoms with Crippen LogP contribution in [-0.4, -0.2) is 11.5 Å². The van der Waals surface area contributed by atoms with Gasteiger partial charge in [-0.15, -0.1) is 0 Å². The fourth-order valence-electron chi connectivity index (χ4n) is 1.66. The van der Waals surface area contributed by atoms with Gasteiger partial charge in [0.2, 0.25) is 0 Å². The Hall–Kier alpha value is -2.01. The second-order valence-corrected chi connectivity index (χ2v) is 4.30. The highest BCUT2D eigenvalue weighted by molar-refractivity contribution is 5.25. The molecule has 0 amide bonds. The molecule has 0 aliphatic heterocycles. The van der Waals surface area contributed by atoms with Gasteiger partial charge in [0.05, 0.1) is 5.69 Å². The molecule has 1 aromatic heterocycles. The van der Waals surface area contributed by atoms with Gasteiger partial charge in [0, 0.05) is 18.8 Å². The van der Waals surface area contributed by atoms with Gasteiger partial charge in [-0.25, -0.2) is 8.78 Å². The first kappa shape index (κ1) is 14.4. The van der Waals surface area contributed by atoms with Crippen LogP contribution in [0.1, 0.15) is 18.2 Å². The summed E-state index contributed by atoms with van der Waals surface area (Å²) in [6.45, 7) is 3.84. The van der Waals surface area contributed by atoms with E-state index in [1.165, 1.54) is 6.07 Å². The molecule has 5 heteroatoms. The Morgan fingerprint density at radius 1 is 1.20 bits per heavy atom. The Balaban J connectivity index is 1.93. The Morgan fingerprint density at radius 3 is 2.70 bits per heavy atom. The summed E-state index contributed by atoms with van der Waals surface area (Å²) in [6.07, 6.45) is 1.75. The third-order valence-electron chi connectivity index (χ3n) is 2.73. The number of hydrogen-bond donors (Lipinski definition) is 1. The Kier molecular flexibility index (Phi) is 5.01. The van der Waals surface area contributed by atoms with Gasteiger partial charge in [-0.2, -0.15) is 0 Å². The SMILES string of the molecule is CCNCc1ccc(COc2ccc(F)cc2F)nc1. The lowest BCUT2D eigenvalue weighted by molar-refractivity contribution is 0.285. The molecule has 1 N–H and O–H groups in total. The van der Waals surface area contributed by atoms with Crippen molar-refractivity contribution in [1.29, 1.82) is 0 Å². The standard InChI is InChI=1S/C15H16F2N2O/c1-2-18-8-11-3-5-13(19-9-11)10-20-15-6-4-12(16)7-14(15)17/h3-7,9,18H,2,8,10H2,1H3. The van der Waals surface area contributed by atoms with Crippen LogP contribution in [0.25, 0.3) is 0 Å². The van der Waals surface area contributed by atoms with Crippen molar-refractivity contribution >= 4 is 0 Å². The fraction of sp³-hybridized carbons (Fsp3) is 0.267. The minimum absolute atomic E-state index is 0.0185. The number of pyridine rings is 1. The number of nitrogens with zero attached hydrogens (tertiary/aromatic N) is 1. The van der Waals surface area contributed by atoms with Crippen LogP contribution in [0.15, 0.2) is 36.5 Å². The van der Waals surface area contributed by atoms with E-state index in [0.29, 0.717) is 5.69 Å². The number of rotatable bonds is 6. The molecule has 1 heterocycles. The van der Waals surface area contributed by atoms with E-state index in [-0.39, 0.29) is 12.4 Å². The van der Waals surface area contributed by atoms with Crippen LogP contribution in [0, 0.1) is 11.6 Å². The van der Waals surface area contributed by atoms with Crippen molar-refractivity contribution in [2.45, 2.75) is 20.1 Å². The zero-order valence-electron chi connectivity index (χ0n) is 11.2. The third-order valence-corrected chi connectivity index (χ3v) is 2.73. The highest BCUT2D eigenvalue weighted by Crippen LogP contribution is 2.18. The minimum atomic E-state index is -0.714. The second-order valence-electron chi connectivity index (χ2n) is 4.30. The first-order valence-electron chi connectivity index (χ1n) is 6.41. The van der Waals surface area contributed by atoms with Crippen LogP contribution in [0.4, 0.5) is 8.78 Å². The van der Waals surface area contributed by atoms with E-state index in [0.717, 1.165) is 30.8 Å². The average molecular weight is 278 g/mol. The number of aromatic nitrogens is 1. The quantitative estimate of drug-likeness (QED) is 0.882. The number of nitrogens with one attached hydrogen (secondary N) is 1. The lowest BCUT2D eigenvalue weighted by Gasteiger charge is -2.07. The molecule has 0 unspecified atom stereocenters. The summed E-state index contributed by atoms with van der Waals surface area (Å²) in [5, 5.41) is 3.20. The summed E-state index contributed by atoms with van der Waals surface area (Å²) in [5.41, 5.74) is 1.76. The van der Waals surface area contributed by atoms with Gasteiger partial charge < -0.3 is 10.1 Å². The van der Waals surface area contributed by atoms with Gasteiger partial charge in [-0.05, 0) is 30.3 Å². The molecule has 106 valence electrons. The van der Waals surface area contributed by atoms with Crippen molar-refractivity contribution in [1.82, 2.24) is 10.3 Å². The summed E-state index contributed by atoms with van der Waals surface area (Å²) in [6, 6.07) is 6.99. The lowest BCUT2D eigenvalue weighted by atomic mass is 10.2. The van der Waals surface area contributed by atoms with Crippen molar-refractivity contribution in [3.63, 3.8) is 0 Å². The summed E-state index contributed by atoms with van der Waals surface area (Å²) in [7, 11) is 0. The van der Waals surface area contributed by atoms with Crippen LogP contribution < -0.4 is 10.1 Å². The molecule has 1 aromatic carbocycles. The highest BCUT2D eigenvalue weighted by atomic mass is 19.1. The molecule has 0 aliphatic carbocycles. The average Bonchev–Trinajstić information content (AvgIpc) is 2.45. The fourth-order valence-corrected chi connectivity index (χ4v) is 1.66. The lowest BCUT2D eigenvalue weighted by Crippen LogP contribution is -2.12. The molecule has 3 nitrogen and oxygen atoms in total. The molecule has 2 aromatic rings. The molecular weight excluding hydrogens is 262 g/mol. The monoisotopic (exact) mass is 278 g/mol. The largest absolute Gasteiger partial charge is 0.484 e. The zero-order valence-corrected chi connectivity index (χ0v) is 11.2. The van der Waals surface area contributed by atoms with Crippen LogP contribution in [0.3, 0.4) is 0 Å². The van der Waals surface area contributed by atoms with Crippen molar-refractivity contribution in [2.75, 3.05) is 6.54 Å². The molecule has 0 bridgehead atoms. The molecule has 2 rings (SSSR count). The first-order valence-corrected chi connectivity index (χ1v) is 6.41. The number of benzene rings is 1. The topological polar surface area (TPSA) is 34.1 Å². The maximum atomic E-state index is 13.4. The first-order chi connectivity index (χ1) is 9.69. The summed E-state index contributed by atoms with van der Waals surface area (Å²) < 4.78 is 31.4. The van der Waals surface area contributed by atoms with E-state index in [1.54, 1.807) is 6.20 Å². The second kappa shape index (κ2) is 6.96. The van der Waals surface area contributed by atoms with Crippen LogP contribution >= 0.6 is 0 Å². The molecule has 0 fully saturated rings. The van der Waals surface area contributed by atoms with Gasteiger partial charge in [-0.1, -0.05) is 13.0 Å². The number of halogens is 2. The maximum Gasteiger partial charge on any atom is 0.167 e.